The number of pyridine rings is 1. The highest BCUT2D eigenvalue weighted by atomic mass is 19.4. The van der Waals surface area contributed by atoms with Crippen molar-refractivity contribution in [2.45, 2.75) is 13.1 Å². The van der Waals surface area contributed by atoms with Crippen LogP contribution in [-0.2, 0) is 4.79 Å². The fourth-order valence-corrected chi connectivity index (χ4v) is 1.96. The van der Waals surface area contributed by atoms with Gasteiger partial charge < -0.3 is 9.15 Å². The number of ether oxygens (including phenoxy) is 1. The molecule has 0 saturated heterocycles. The number of hydrogen-bond acceptors (Lipinski definition) is 6. The van der Waals surface area contributed by atoms with Gasteiger partial charge in [-0.15, -0.1) is 10.2 Å². The minimum Gasteiger partial charge on any atom is -0.416 e. The van der Waals surface area contributed by atoms with Gasteiger partial charge in [-0.3, -0.25) is 0 Å². The van der Waals surface area contributed by atoms with E-state index in [1.807, 2.05) is 0 Å². The predicted octanol–water partition coefficient (Wildman–Crippen LogP) is 3.71. The molecule has 0 N–H and O–H groups in total. The molecule has 0 amide bonds. The van der Waals surface area contributed by atoms with Gasteiger partial charge in [-0.25, -0.2) is 14.2 Å². The van der Waals surface area contributed by atoms with Gasteiger partial charge in [-0.1, -0.05) is 6.07 Å². The van der Waals surface area contributed by atoms with Crippen LogP contribution < -0.4 is 4.74 Å². The normalized spacial score (nSPS) is 11.4. The molecule has 0 spiro atoms. The van der Waals surface area contributed by atoms with Gasteiger partial charge >= 0.3 is 12.1 Å². The Morgan fingerprint density at radius 3 is 2.58 bits per heavy atom. The minimum absolute atomic E-state index is 0.0594. The Hall–Kier alpha value is -3.30. The lowest BCUT2D eigenvalue weighted by Gasteiger charge is -2.07. The van der Waals surface area contributed by atoms with E-state index in [9.17, 15) is 22.4 Å². The molecule has 0 aliphatic heterocycles. The minimum atomic E-state index is -5.19. The van der Waals surface area contributed by atoms with E-state index in [-0.39, 0.29) is 22.9 Å². The average Bonchev–Trinajstić information content (AvgIpc) is 3.07. The second kappa shape index (κ2) is 6.54. The average molecular weight is 367 g/mol. The summed E-state index contributed by atoms with van der Waals surface area (Å²) in [7, 11) is 0. The molecular formula is C16H9F4N3O3. The Morgan fingerprint density at radius 1 is 1.15 bits per heavy atom. The molecule has 0 aliphatic carbocycles. The van der Waals surface area contributed by atoms with Crippen molar-refractivity contribution >= 4 is 5.97 Å². The van der Waals surface area contributed by atoms with Gasteiger partial charge in [0.25, 0.3) is 5.89 Å². The van der Waals surface area contributed by atoms with E-state index >= 15 is 0 Å². The maximum Gasteiger partial charge on any atom is 0.491 e. The number of nitrogens with zero attached hydrogens (tertiary/aromatic N) is 3. The second-order valence-corrected chi connectivity index (χ2v) is 5.12. The number of aromatic nitrogens is 3. The summed E-state index contributed by atoms with van der Waals surface area (Å²) < 4.78 is 60.4. The van der Waals surface area contributed by atoms with E-state index < -0.39 is 23.8 Å². The Morgan fingerprint density at radius 2 is 1.88 bits per heavy atom. The molecule has 3 rings (SSSR count). The van der Waals surface area contributed by atoms with Crippen molar-refractivity contribution < 1.29 is 31.5 Å². The van der Waals surface area contributed by atoms with Crippen LogP contribution >= 0.6 is 0 Å². The van der Waals surface area contributed by atoms with Crippen molar-refractivity contribution in [2.75, 3.05) is 0 Å². The maximum absolute atomic E-state index is 13.7. The molecule has 3 aromatic rings. The van der Waals surface area contributed by atoms with Crippen molar-refractivity contribution in [2.24, 2.45) is 0 Å². The summed E-state index contributed by atoms with van der Waals surface area (Å²) in [4.78, 5) is 14.6. The molecule has 0 aliphatic rings. The Labute approximate surface area is 143 Å². The zero-order valence-corrected chi connectivity index (χ0v) is 13.0. The van der Waals surface area contributed by atoms with Gasteiger partial charge in [-0.05, 0) is 36.8 Å². The summed E-state index contributed by atoms with van der Waals surface area (Å²) in [6.07, 6.45) is -4.05. The lowest BCUT2D eigenvalue weighted by Crippen LogP contribution is -2.28. The first-order chi connectivity index (χ1) is 12.3. The first-order valence-electron chi connectivity index (χ1n) is 7.10. The highest BCUT2D eigenvalue weighted by Gasteiger charge is 2.42. The van der Waals surface area contributed by atoms with Crippen LogP contribution in [0.1, 0.15) is 5.56 Å². The molecule has 0 bridgehead atoms. The molecule has 0 unspecified atom stereocenters. The molecule has 10 heteroatoms. The standard InChI is InChI=1S/C16H9F4N3O3/c1-8-4-5-9(7-11(8)17)12-22-23-14(25-12)10-3-2-6-21-13(10)26-15(24)16(18,19)20/h2-7H,1H3. The molecule has 0 radical (unpaired) electrons. The molecule has 0 fully saturated rings. The smallest absolute Gasteiger partial charge is 0.416 e. The third-order valence-corrected chi connectivity index (χ3v) is 3.27. The fourth-order valence-electron chi connectivity index (χ4n) is 1.96. The van der Waals surface area contributed by atoms with Crippen molar-refractivity contribution in [3.05, 3.63) is 47.9 Å². The zero-order chi connectivity index (χ0) is 18.9. The summed E-state index contributed by atoms with van der Waals surface area (Å²) in [5.41, 5.74) is 0.586. The molecule has 1 aromatic carbocycles. The van der Waals surface area contributed by atoms with Crippen LogP contribution in [0.15, 0.2) is 40.9 Å². The fraction of sp³-hybridized carbons (Fsp3) is 0.125. The molecule has 0 saturated carbocycles. The Balaban J connectivity index is 1.95. The zero-order valence-electron chi connectivity index (χ0n) is 13.0. The van der Waals surface area contributed by atoms with Crippen LogP contribution in [0.25, 0.3) is 22.9 Å². The number of esters is 1. The van der Waals surface area contributed by atoms with E-state index in [0.29, 0.717) is 5.56 Å². The highest BCUT2D eigenvalue weighted by Crippen LogP contribution is 2.31. The Bertz CT molecular complexity index is 969. The van der Waals surface area contributed by atoms with Gasteiger partial charge in [0.1, 0.15) is 11.4 Å². The van der Waals surface area contributed by atoms with Gasteiger partial charge in [0, 0.05) is 11.8 Å². The van der Waals surface area contributed by atoms with Crippen LogP contribution in [0.2, 0.25) is 0 Å². The number of alkyl halides is 3. The largest absolute Gasteiger partial charge is 0.491 e. The predicted molar refractivity (Wildman–Crippen MR) is 79.4 cm³/mol. The number of carbonyl (C=O) groups excluding carboxylic acids is 1. The van der Waals surface area contributed by atoms with Crippen LogP contribution in [0.4, 0.5) is 17.6 Å². The van der Waals surface area contributed by atoms with Crippen molar-refractivity contribution in [3.63, 3.8) is 0 Å². The molecule has 2 heterocycles. The van der Waals surface area contributed by atoms with Gasteiger partial charge in [-0.2, -0.15) is 13.2 Å². The molecule has 134 valence electrons. The van der Waals surface area contributed by atoms with Crippen molar-refractivity contribution in [1.82, 2.24) is 15.2 Å². The third kappa shape index (κ3) is 3.53. The van der Waals surface area contributed by atoms with E-state index in [0.717, 1.165) is 6.20 Å². The van der Waals surface area contributed by atoms with Gasteiger partial charge in [0.15, 0.2) is 0 Å². The molecule has 26 heavy (non-hydrogen) atoms. The van der Waals surface area contributed by atoms with Crippen LogP contribution in [0.5, 0.6) is 5.88 Å². The van der Waals surface area contributed by atoms with E-state index in [4.69, 9.17) is 4.42 Å². The summed E-state index contributed by atoms with van der Waals surface area (Å²) in [5, 5.41) is 7.42. The molecule has 6 nitrogen and oxygen atoms in total. The van der Waals surface area contributed by atoms with Crippen molar-refractivity contribution in [1.29, 1.82) is 0 Å². The number of halogens is 4. The summed E-state index contributed by atoms with van der Waals surface area (Å²) in [6.45, 7) is 1.58. The maximum atomic E-state index is 13.7. The van der Waals surface area contributed by atoms with E-state index in [1.54, 1.807) is 13.0 Å². The first-order valence-corrected chi connectivity index (χ1v) is 7.10. The number of aryl methyl sites for hydroxylation is 1. The molecular weight excluding hydrogens is 358 g/mol. The van der Waals surface area contributed by atoms with Gasteiger partial charge in [0.05, 0.1) is 0 Å². The summed E-state index contributed by atoms with van der Waals surface area (Å²) in [5.74, 6) is -3.85. The topological polar surface area (TPSA) is 78.1 Å². The highest BCUT2D eigenvalue weighted by molar-refractivity contribution is 5.79. The first kappa shape index (κ1) is 17.5. The number of carbonyl (C=O) groups is 1. The van der Waals surface area contributed by atoms with Crippen molar-refractivity contribution in [3.8, 4) is 28.8 Å². The summed E-state index contributed by atoms with van der Waals surface area (Å²) in [6, 6.07) is 6.91. The van der Waals surface area contributed by atoms with Crippen LogP contribution in [0, 0.1) is 12.7 Å². The third-order valence-electron chi connectivity index (χ3n) is 3.27. The number of benzene rings is 1. The quantitative estimate of drug-likeness (QED) is 0.519. The molecule has 0 atom stereocenters. The van der Waals surface area contributed by atoms with E-state index in [1.165, 1.54) is 24.3 Å². The lowest BCUT2D eigenvalue weighted by atomic mass is 10.1. The van der Waals surface area contributed by atoms with Gasteiger partial charge in [0.2, 0.25) is 11.8 Å². The van der Waals surface area contributed by atoms with Crippen LogP contribution in [0.3, 0.4) is 0 Å². The lowest BCUT2D eigenvalue weighted by molar-refractivity contribution is -0.189. The van der Waals surface area contributed by atoms with Crippen LogP contribution in [-0.4, -0.2) is 27.3 Å². The monoisotopic (exact) mass is 367 g/mol. The Kier molecular flexibility index (Phi) is 4.41. The number of hydrogen-bond donors (Lipinski definition) is 0. The summed E-state index contributed by atoms with van der Waals surface area (Å²) >= 11 is 0. The molecule has 2 aromatic heterocycles. The van der Waals surface area contributed by atoms with E-state index in [2.05, 4.69) is 19.9 Å². The second-order valence-electron chi connectivity index (χ2n) is 5.12. The number of rotatable bonds is 3. The SMILES string of the molecule is Cc1ccc(-c2nnc(-c3cccnc3OC(=O)C(F)(F)F)o2)cc1F.